The van der Waals surface area contributed by atoms with Crippen LogP contribution in [0, 0.1) is 0 Å². The molecule has 0 amide bonds. The van der Waals surface area contributed by atoms with E-state index in [4.69, 9.17) is 34.8 Å². The molecule has 1 heterocycles. The minimum absolute atomic E-state index is 0.100. The number of halogens is 3. The minimum Gasteiger partial charge on any atom is -0.508 e. The summed E-state index contributed by atoms with van der Waals surface area (Å²) in [6.07, 6.45) is 0. The van der Waals surface area contributed by atoms with Gasteiger partial charge in [0.25, 0.3) is 0 Å². The lowest BCUT2D eigenvalue weighted by atomic mass is 10.1. The SMILES string of the molecule is Oc1ccc(-c2cc(Cl)c(-c3ccc(O)cc3Cl)s2)c(Cl)c1. The topological polar surface area (TPSA) is 40.5 Å². The van der Waals surface area contributed by atoms with Crippen molar-refractivity contribution in [3.63, 3.8) is 0 Å². The Morgan fingerprint density at radius 2 is 1.23 bits per heavy atom. The summed E-state index contributed by atoms with van der Waals surface area (Å²) in [7, 11) is 0. The molecule has 0 bridgehead atoms. The Morgan fingerprint density at radius 1 is 0.682 bits per heavy atom. The second kappa shape index (κ2) is 6.01. The first kappa shape index (κ1) is 15.5. The van der Waals surface area contributed by atoms with Crippen LogP contribution in [0.3, 0.4) is 0 Å². The van der Waals surface area contributed by atoms with Crippen LogP contribution < -0.4 is 0 Å². The molecular formula is C16H9Cl3O2S. The Labute approximate surface area is 146 Å². The van der Waals surface area contributed by atoms with Crippen LogP contribution in [-0.2, 0) is 0 Å². The third-order valence-corrected chi connectivity index (χ3v) is 5.34. The highest BCUT2D eigenvalue weighted by Gasteiger charge is 2.15. The van der Waals surface area contributed by atoms with E-state index >= 15 is 0 Å². The van der Waals surface area contributed by atoms with Crippen LogP contribution in [0.2, 0.25) is 15.1 Å². The number of benzene rings is 2. The Morgan fingerprint density at radius 3 is 1.77 bits per heavy atom. The fourth-order valence-corrected chi connectivity index (χ4v) is 4.26. The lowest BCUT2D eigenvalue weighted by Crippen LogP contribution is -1.76. The van der Waals surface area contributed by atoms with E-state index in [0.29, 0.717) is 15.1 Å². The summed E-state index contributed by atoms with van der Waals surface area (Å²) in [5, 5.41) is 20.3. The number of hydrogen-bond acceptors (Lipinski definition) is 3. The molecule has 0 fully saturated rings. The van der Waals surface area contributed by atoms with Crippen molar-refractivity contribution in [3.8, 4) is 32.4 Å². The monoisotopic (exact) mass is 370 g/mol. The highest BCUT2D eigenvalue weighted by Crippen LogP contribution is 2.45. The van der Waals surface area contributed by atoms with Gasteiger partial charge in [0.1, 0.15) is 11.5 Å². The first-order chi connectivity index (χ1) is 10.5. The molecule has 2 nitrogen and oxygen atoms in total. The minimum atomic E-state index is 0.100. The largest absolute Gasteiger partial charge is 0.508 e. The third-order valence-electron chi connectivity index (χ3n) is 3.10. The third kappa shape index (κ3) is 2.90. The van der Waals surface area contributed by atoms with Crippen molar-refractivity contribution < 1.29 is 10.2 Å². The number of thiophene rings is 1. The predicted molar refractivity (Wildman–Crippen MR) is 93.6 cm³/mol. The molecule has 0 saturated carbocycles. The van der Waals surface area contributed by atoms with Gasteiger partial charge in [0.15, 0.2) is 0 Å². The second-order valence-corrected chi connectivity index (χ2v) is 6.89. The van der Waals surface area contributed by atoms with Gasteiger partial charge >= 0.3 is 0 Å². The number of phenols is 2. The van der Waals surface area contributed by atoms with Gasteiger partial charge in [-0.2, -0.15) is 0 Å². The molecule has 0 unspecified atom stereocenters. The molecule has 2 aromatic carbocycles. The summed E-state index contributed by atoms with van der Waals surface area (Å²) >= 11 is 20.1. The van der Waals surface area contributed by atoms with E-state index in [1.807, 2.05) is 6.07 Å². The maximum atomic E-state index is 9.44. The lowest BCUT2D eigenvalue weighted by molar-refractivity contribution is 0.475. The Kier molecular flexibility index (Phi) is 4.24. The van der Waals surface area contributed by atoms with Gasteiger partial charge in [-0.3, -0.25) is 0 Å². The molecule has 0 aliphatic rings. The lowest BCUT2D eigenvalue weighted by Gasteiger charge is -2.03. The van der Waals surface area contributed by atoms with Gasteiger partial charge in [0.2, 0.25) is 0 Å². The maximum absolute atomic E-state index is 9.44. The molecule has 3 aromatic rings. The molecule has 0 atom stereocenters. The van der Waals surface area contributed by atoms with Gasteiger partial charge in [-0.15, -0.1) is 11.3 Å². The van der Waals surface area contributed by atoms with Gasteiger partial charge in [0.05, 0.1) is 19.9 Å². The van der Waals surface area contributed by atoms with Crippen molar-refractivity contribution in [3.05, 3.63) is 57.5 Å². The van der Waals surface area contributed by atoms with E-state index in [9.17, 15) is 10.2 Å². The molecule has 2 N–H and O–H groups in total. The summed E-state index contributed by atoms with van der Waals surface area (Å²) in [5.41, 5.74) is 1.53. The van der Waals surface area contributed by atoms with Crippen molar-refractivity contribution in [1.82, 2.24) is 0 Å². The Bertz CT molecular complexity index is 859. The average molecular weight is 372 g/mol. The molecule has 0 radical (unpaired) electrons. The van der Waals surface area contributed by atoms with Gasteiger partial charge in [0, 0.05) is 16.0 Å². The summed E-state index contributed by atoms with van der Waals surface area (Å²) in [6, 6.07) is 11.4. The van der Waals surface area contributed by atoms with Gasteiger partial charge in [-0.05, 0) is 42.5 Å². The maximum Gasteiger partial charge on any atom is 0.117 e. The molecule has 0 aliphatic heterocycles. The normalized spacial score (nSPS) is 10.9. The first-order valence-corrected chi connectivity index (χ1v) is 8.18. The zero-order chi connectivity index (χ0) is 15.9. The summed E-state index contributed by atoms with van der Waals surface area (Å²) in [5.74, 6) is 0.210. The van der Waals surface area contributed by atoms with Crippen molar-refractivity contribution in [2.45, 2.75) is 0 Å². The molecule has 6 heteroatoms. The quantitative estimate of drug-likeness (QED) is 0.543. The molecule has 0 aliphatic carbocycles. The van der Waals surface area contributed by atoms with Gasteiger partial charge in [-0.1, -0.05) is 34.8 Å². The van der Waals surface area contributed by atoms with E-state index in [1.165, 1.54) is 23.5 Å². The van der Waals surface area contributed by atoms with E-state index < -0.39 is 0 Å². The molecule has 22 heavy (non-hydrogen) atoms. The molecule has 3 rings (SSSR count). The van der Waals surface area contributed by atoms with Crippen LogP contribution in [0.5, 0.6) is 11.5 Å². The van der Waals surface area contributed by atoms with E-state index in [-0.39, 0.29) is 11.5 Å². The van der Waals surface area contributed by atoms with E-state index in [2.05, 4.69) is 0 Å². The van der Waals surface area contributed by atoms with Gasteiger partial charge < -0.3 is 10.2 Å². The highest BCUT2D eigenvalue weighted by atomic mass is 35.5. The fraction of sp³-hybridized carbons (Fsp3) is 0. The summed E-state index contributed by atoms with van der Waals surface area (Å²) < 4.78 is 0. The fourth-order valence-electron chi connectivity index (χ4n) is 2.08. The standard InChI is InChI=1S/C16H9Cl3O2S/c17-12-5-8(20)1-3-10(12)15-7-14(19)16(22-15)11-4-2-9(21)6-13(11)18/h1-7,20-21H. The number of rotatable bonds is 2. The average Bonchev–Trinajstić information content (AvgIpc) is 2.80. The van der Waals surface area contributed by atoms with Crippen LogP contribution in [0.4, 0.5) is 0 Å². The Hall–Kier alpha value is -1.39. The number of phenolic OH excluding ortho intramolecular Hbond substituents is 2. The molecule has 0 spiro atoms. The van der Waals surface area contributed by atoms with Crippen LogP contribution in [0.25, 0.3) is 20.9 Å². The molecule has 1 aromatic heterocycles. The Balaban J connectivity index is 2.11. The number of aromatic hydroxyl groups is 2. The van der Waals surface area contributed by atoms with Gasteiger partial charge in [-0.25, -0.2) is 0 Å². The van der Waals surface area contributed by atoms with E-state index in [0.717, 1.165) is 20.9 Å². The van der Waals surface area contributed by atoms with Crippen LogP contribution in [0.15, 0.2) is 42.5 Å². The van der Waals surface area contributed by atoms with Crippen molar-refractivity contribution in [1.29, 1.82) is 0 Å². The predicted octanol–water partition coefficient (Wildman–Crippen LogP) is 6.45. The van der Waals surface area contributed by atoms with Crippen molar-refractivity contribution in [2.75, 3.05) is 0 Å². The smallest absolute Gasteiger partial charge is 0.117 e. The first-order valence-electron chi connectivity index (χ1n) is 6.23. The molecular weight excluding hydrogens is 363 g/mol. The van der Waals surface area contributed by atoms with Crippen LogP contribution in [0.1, 0.15) is 0 Å². The zero-order valence-electron chi connectivity index (χ0n) is 11.0. The zero-order valence-corrected chi connectivity index (χ0v) is 14.1. The van der Waals surface area contributed by atoms with Crippen LogP contribution in [-0.4, -0.2) is 10.2 Å². The van der Waals surface area contributed by atoms with Crippen molar-refractivity contribution in [2.24, 2.45) is 0 Å². The summed E-state index contributed by atoms with van der Waals surface area (Å²) in [6.45, 7) is 0. The molecule has 112 valence electrons. The van der Waals surface area contributed by atoms with E-state index in [1.54, 1.807) is 24.3 Å². The second-order valence-electron chi connectivity index (χ2n) is 4.62. The highest BCUT2D eigenvalue weighted by molar-refractivity contribution is 7.19. The summed E-state index contributed by atoms with van der Waals surface area (Å²) in [4.78, 5) is 1.67. The van der Waals surface area contributed by atoms with Crippen molar-refractivity contribution >= 4 is 46.1 Å². The molecule has 0 saturated heterocycles. The van der Waals surface area contributed by atoms with Crippen LogP contribution >= 0.6 is 46.1 Å². The number of hydrogen-bond donors (Lipinski definition) is 2.